The van der Waals surface area contributed by atoms with Crippen LogP contribution in [0.5, 0.6) is 11.5 Å². The second-order valence-corrected chi connectivity index (χ2v) is 5.29. The molecular weight excluding hydrogens is 299 g/mol. The van der Waals surface area contributed by atoms with Crippen LogP contribution in [0, 0.1) is 13.8 Å². The predicted molar refractivity (Wildman–Crippen MR) is 79.4 cm³/mol. The molecule has 3 nitrogen and oxygen atoms in total. The highest BCUT2D eigenvalue weighted by Crippen LogP contribution is 2.33. The maximum absolute atomic E-state index is 11.2. The average Bonchev–Trinajstić information content (AvgIpc) is 2.34. The first-order valence-corrected chi connectivity index (χ1v) is 6.61. The molecule has 0 unspecified atom stereocenters. The molecular formula is C15H12Cl2O3. The normalized spacial score (nSPS) is 10.4. The molecule has 1 N–H and O–H groups in total. The third kappa shape index (κ3) is 3.06. The first kappa shape index (κ1) is 14.7. The molecule has 0 saturated carbocycles. The molecule has 0 spiro atoms. The number of aryl methyl sites for hydroxylation is 2. The number of halogens is 2. The lowest BCUT2D eigenvalue weighted by atomic mass is 10.1. The quantitative estimate of drug-likeness (QED) is 0.857. The van der Waals surface area contributed by atoms with E-state index in [9.17, 15) is 9.90 Å². The van der Waals surface area contributed by atoms with Gasteiger partial charge in [0.05, 0.1) is 0 Å². The summed E-state index contributed by atoms with van der Waals surface area (Å²) in [5, 5.41) is 10.2. The van der Waals surface area contributed by atoms with Crippen LogP contribution in [0.15, 0.2) is 30.3 Å². The van der Waals surface area contributed by atoms with Gasteiger partial charge in [-0.1, -0.05) is 23.2 Å². The molecule has 0 bridgehead atoms. The zero-order valence-electron chi connectivity index (χ0n) is 10.9. The minimum atomic E-state index is -1.09. The summed E-state index contributed by atoms with van der Waals surface area (Å²) in [6.45, 7) is 3.70. The van der Waals surface area contributed by atoms with Crippen molar-refractivity contribution in [3.05, 3.63) is 57.1 Å². The van der Waals surface area contributed by atoms with Gasteiger partial charge >= 0.3 is 5.97 Å². The van der Waals surface area contributed by atoms with Gasteiger partial charge in [-0.2, -0.15) is 0 Å². The van der Waals surface area contributed by atoms with Gasteiger partial charge in [0.1, 0.15) is 17.1 Å². The molecule has 0 aliphatic carbocycles. The lowest BCUT2D eigenvalue weighted by Crippen LogP contribution is -2.01. The van der Waals surface area contributed by atoms with Crippen LogP contribution in [-0.4, -0.2) is 11.1 Å². The van der Waals surface area contributed by atoms with E-state index in [1.165, 1.54) is 6.07 Å². The summed E-state index contributed by atoms with van der Waals surface area (Å²) in [5.41, 5.74) is 1.69. The van der Waals surface area contributed by atoms with Crippen LogP contribution in [0.2, 0.25) is 10.0 Å². The molecule has 0 heterocycles. The average molecular weight is 311 g/mol. The SMILES string of the molecule is Cc1cc(Cl)cc(C)c1Oc1ccc(Cl)cc1C(=O)O. The van der Waals surface area contributed by atoms with Gasteiger partial charge in [-0.15, -0.1) is 0 Å². The number of carboxylic acids is 1. The smallest absolute Gasteiger partial charge is 0.339 e. The number of aromatic carboxylic acids is 1. The fourth-order valence-corrected chi connectivity index (χ4v) is 2.43. The topological polar surface area (TPSA) is 46.5 Å². The molecule has 0 aliphatic heterocycles. The third-order valence-electron chi connectivity index (χ3n) is 2.81. The van der Waals surface area contributed by atoms with Crippen molar-refractivity contribution in [1.29, 1.82) is 0 Å². The van der Waals surface area contributed by atoms with Crippen molar-refractivity contribution >= 4 is 29.2 Å². The van der Waals surface area contributed by atoms with E-state index in [0.717, 1.165) is 11.1 Å². The fourth-order valence-electron chi connectivity index (χ4n) is 1.93. The van der Waals surface area contributed by atoms with Crippen LogP contribution in [0.3, 0.4) is 0 Å². The third-order valence-corrected chi connectivity index (χ3v) is 3.26. The Hall–Kier alpha value is -1.71. The van der Waals surface area contributed by atoms with E-state index in [4.69, 9.17) is 27.9 Å². The van der Waals surface area contributed by atoms with Crippen LogP contribution in [0.4, 0.5) is 0 Å². The number of carbonyl (C=O) groups is 1. The molecule has 0 radical (unpaired) electrons. The molecule has 20 heavy (non-hydrogen) atoms. The Morgan fingerprint density at radius 2 is 1.65 bits per heavy atom. The first-order valence-electron chi connectivity index (χ1n) is 5.86. The first-order chi connectivity index (χ1) is 9.38. The Morgan fingerprint density at radius 3 is 2.20 bits per heavy atom. The van der Waals surface area contributed by atoms with E-state index in [0.29, 0.717) is 15.8 Å². The highest BCUT2D eigenvalue weighted by atomic mass is 35.5. The van der Waals surface area contributed by atoms with Crippen molar-refractivity contribution in [2.45, 2.75) is 13.8 Å². The molecule has 2 aromatic rings. The highest BCUT2D eigenvalue weighted by Gasteiger charge is 2.15. The van der Waals surface area contributed by atoms with Crippen molar-refractivity contribution in [1.82, 2.24) is 0 Å². The van der Waals surface area contributed by atoms with E-state index in [1.807, 2.05) is 13.8 Å². The Kier molecular flexibility index (Phi) is 4.21. The Labute approximate surface area is 126 Å². The van der Waals surface area contributed by atoms with Crippen molar-refractivity contribution in [3.8, 4) is 11.5 Å². The lowest BCUT2D eigenvalue weighted by molar-refractivity contribution is 0.0694. The van der Waals surface area contributed by atoms with Crippen molar-refractivity contribution < 1.29 is 14.6 Å². The van der Waals surface area contributed by atoms with Crippen LogP contribution in [0.1, 0.15) is 21.5 Å². The van der Waals surface area contributed by atoms with Crippen LogP contribution >= 0.6 is 23.2 Å². The predicted octanol–water partition coefficient (Wildman–Crippen LogP) is 5.10. The lowest BCUT2D eigenvalue weighted by Gasteiger charge is -2.14. The summed E-state index contributed by atoms with van der Waals surface area (Å²) >= 11 is 11.8. The summed E-state index contributed by atoms with van der Waals surface area (Å²) in [6.07, 6.45) is 0. The second kappa shape index (κ2) is 5.73. The van der Waals surface area contributed by atoms with Crippen molar-refractivity contribution in [2.24, 2.45) is 0 Å². The van der Waals surface area contributed by atoms with Crippen LogP contribution in [0.25, 0.3) is 0 Å². The monoisotopic (exact) mass is 310 g/mol. The number of hydrogen-bond acceptors (Lipinski definition) is 2. The Bertz CT molecular complexity index is 658. The molecule has 2 rings (SSSR count). The van der Waals surface area contributed by atoms with Crippen molar-refractivity contribution in [2.75, 3.05) is 0 Å². The van der Waals surface area contributed by atoms with Crippen molar-refractivity contribution in [3.63, 3.8) is 0 Å². The molecule has 0 fully saturated rings. The number of rotatable bonds is 3. The molecule has 0 aliphatic rings. The van der Waals surface area contributed by atoms with E-state index in [1.54, 1.807) is 24.3 Å². The summed E-state index contributed by atoms with van der Waals surface area (Å²) in [5.74, 6) is -0.249. The van der Waals surface area contributed by atoms with Gasteiger partial charge in [0.25, 0.3) is 0 Å². The van der Waals surface area contributed by atoms with Gasteiger partial charge in [0.2, 0.25) is 0 Å². The van der Waals surface area contributed by atoms with Gasteiger partial charge in [-0.3, -0.25) is 0 Å². The Morgan fingerprint density at radius 1 is 1.05 bits per heavy atom. The highest BCUT2D eigenvalue weighted by molar-refractivity contribution is 6.31. The van der Waals surface area contributed by atoms with Gasteiger partial charge in [-0.05, 0) is 55.3 Å². The molecule has 0 aromatic heterocycles. The summed E-state index contributed by atoms with van der Waals surface area (Å²) in [6, 6.07) is 8.02. The molecule has 2 aromatic carbocycles. The summed E-state index contributed by atoms with van der Waals surface area (Å²) in [4.78, 5) is 11.2. The second-order valence-electron chi connectivity index (χ2n) is 4.42. The van der Waals surface area contributed by atoms with E-state index in [2.05, 4.69) is 0 Å². The number of ether oxygens (including phenoxy) is 1. The number of carboxylic acid groups (broad SMARTS) is 1. The number of benzene rings is 2. The van der Waals surface area contributed by atoms with Gasteiger partial charge in [0.15, 0.2) is 0 Å². The van der Waals surface area contributed by atoms with Gasteiger partial charge in [-0.25, -0.2) is 4.79 Å². The van der Waals surface area contributed by atoms with Gasteiger partial charge in [0, 0.05) is 10.0 Å². The van der Waals surface area contributed by atoms with E-state index in [-0.39, 0.29) is 11.3 Å². The maximum atomic E-state index is 11.2. The molecule has 5 heteroatoms. The minimum Gasteiger partial charge on any atom is -0.478 e. The van der Waals surface area contributed by atoms with E-state index < -0.39 is 5.97 Å². The molecule has 0 atom stereocenters. The number of hydrogen-bond donors (Lipinski definition) is 1. The largest absolute Gasteiger partial charge is 0.478 e. The summed E-state index contributed by atoms with van der Waals surface area (Å²) in [7, 11) is 0. The molecule has 0 saturated heterocycles. The Balaban J connectivity index is 2.48. The zero-order valence-corrected chi connectivity index (χ0v) is 12.4. The molecule has 0 amide bonds. The standard InChI is InChI=1S/C15H12Cl2O3/c1-8-5-11(17)6-9(2)14(8)20-13-4-3-10(16)7-12(13)15(18)19/h3-7H,1-2H3,(H,18,19). The fraction of sp³-hybridized carbons (Fsp3) is 0.133. The summed E-state index contributed by atoms with van der Waals surface area (Å²) < 4.78 is 5.74. The van der Waals surface area contributed by atoms with Gasteiger partial charge < -0.3 is 9.84 Å². The van der Waals surface area contributed by atoms with E-state index >= 15 is 0 Å². The molecule has 104 valence electrons. The van der Waals surface area contributed by atoms with Crippen LogP contribution in [-0.2, 0) is 0 Å². The maximum Gasteiger partial charge on any atom is 0.339 e. The van der Waals surface area contributed by atoms with Crippen LogP contribution < -0.4 is 4.74 Å². The zero-order chi connectivity index (χ0) is 14.9. The minimum absolute atomic E-state index is 0.0197.